The molecule has 0 spiro atoms. The molecule has 1 aromatic carbocycles. The van der Waals surface area contributed by atoms with Gasteiger partial charge in [0, 0.05) is 12.8 Å². The molecule has 0 radical (unpaired) electrons. The fourth-order valence-corrected chi connectivity index (χ4v) is 2.55. The summed E-state index contributed by atoms with van der Waals surface area (Å²) in [4.78, 5) is 0. The van der Waals surface area contributed by atoms with Gasteiger partial charge in [-0.15, -0.1) is 0 Å². The van der Waals surface area contributed by atoms with Crippen LogP contribution in [0.1, 0.15) is 42.9 Å². The second-order valence-corrected chi connectivity index (χ2v) is 5.26. The number of aliphatic hydroxyl groups is 1. The molecular weight excluding hydrogens is 279 g/mol. The third-order valence-corrected chi connectivity index (χ3v) is 3.76. The zero-order chi connectivity index (χ0) is 15.0. The van der Waals surface area contributed by atoms with Crippen LogP contribution in [-0.2, 0) is 6.18 Å². The van der Waals surface area contributed by atoms with Crippen LogP contribution in [0.25, 0.3) is 0 Å². The monoisotopic (exact) mass is 294 g/mol. The quantitative estimate of drug-likeness (QED) is 0.792. The number of alkyl halides is 5. The van der Waals surface area contributed by atoms with Gasteiger partial charge >= 0.3 is 6.18 Å². The molecule has 1 atom stereocenters. The lowest BCUT2D eigenvalue weighted by molar-refractivity contribution is -0.137. The standard InChI is InChI=1S/C14H15F5O/c15-13(16)6-4-9(5-7-13)12(20)10-2-1-3-11(8-10)14(17,18)19/h1-3,8-9,12,20H,4-7H2. The zero-order valence-electron chi connectivity index (χ0n) is 10.6. The van der Waals surface area contributed by atoms with Crippen LogP contribution < -0.4 is 0 Å². The van der Waals surface area contributed by atoms with Crippen molar-refractivity contribution in [3.63, 3.8) is 0 Å². The fourth-order valence-electron chi connectivity index (χ4n) is 2.55. The maximum Gasteiger partial charge on any atom is 0.416 e. The predicted molar refractivity (Wildman–Crippen MR) is 63.3 cm³/mol. The molecule has 20 heavy (non-hydrogen) atoms. The summed E-state index contributed by atoms with van der Waals surface area (Å²) in [6.45, 7) is 0. The molecular formula is C14H15F5O. The SMILES string of the molecule is OC(c1cccc(C(F)(F)F)c1)C1CCC(F)(F)CC1. The van der Waals surface area contributed by atoms with E-state index in [9.17, 15) is 27.1 Å². The van der Waals surface area contributed by atoms with Crippen LogP contribution in [0.3, 0.4) is 0 Å². The Balaban J connectivity index is 2.12. The molecule has 1 aromatic rings. The van der Waals surface area contributed by atoms with Gasteiger partial charge in [-0.2, -0.15) is 13.2 Å². The van der Waals surface area contributed by atoms with E-state index in [1.165, 1.54) is 12.1 Å². The molecule has 112 valence electrons. The molecule has 1 aliphatic carbocycles. The summed E-state index contributed by atoms with van der Waals surface area (Å²) >= 11 is 0. The van der Waals surface area contributed by atoms with Gasteiger partial charge in [-0.05, 0) is 36.5 Å². The second kappa shape index (κ2) is 5.31. The van der Waals surface area contributed by atoms with Crippen LogP contribution in [0.5, 0.6) is 0 Å². The highest BCUT2D eigenvalue weighted by Gasteiger charge is 2.38. The zero-order valence-corrected chi connectivity index (χ0v) is 10.6. The Morgan fingerprint density at radius 3 is 2.30 bits per heavy atom. The minimum atomic E-state index is -4.48. The van der Waals surface area contributed by atoms with Crippen molar-refractivity contribution in [3.05, 3.63) is 35.4 Å². The van der Waals surface area contributed by atoms with Gasteiger partial charge in [0.15, 0.2) is 0 Å². The highest BCUT2D eigenvalue weighted by molar-refractivity contribution is 5.27. The van der Waals surface area contributed by atoms with Crippen molar-refractivity contribution in [2.24, 2.45) is 5.92 Å². The van der Waals surface area contributed by atoms with Crippen molar-refractivity contribution in [3.8, 4) is 0 Å². The van der Waals surface area contributed by atoms with E-state index < -0.39 is 29.7 Å². The summed E-state index contributed by atoms with van der Waals surface area (Å²) in [5, 5.41) is 10.1. The molecule has 1 unspecified atom stereocenters. The van der Waals surface area contributed by atoms with E-state index >= 15 is 0 Å². The summed E-state index contributed by atoms with van der Waals surface area (Å²) in [5.74, 6) is -3.14. The van der Waals surface area contributed by atoms with Crippen molar-refractivity contribution in [1.29, 1.82) is 0 Å². The number of aliphatic hydroxyl groups excluding tert-OH is 1. The molecule has 2 rings (SSSR count). The normalized spacial score (nSPS) is 21.7. The average molecular weight is 294 g/mol. The smallest absolute Gasteiger partial charge is 0.388 e. The molecule has 0 saturated heterocycles. The van der Waals surface area contributed by atoms with E-state index in [4.69, 9.17) is 0 Å². The van der Waals surface area contributed by atoms with Crippen molar-refractivity contribution in [2.75, 3.05) is 0 Å². The van der Waals surface area contributed by atoms with E-state index in [1.807, 2.05) is 0 Å². The summed E-state index contributed by atoms with van der Waals surface area (Å²) in [6.07, 6.45) is -6.03. The largest absolute Gasteiger partial charge is 0.416 e. The fraction of sp³-hybridized carbons (Fsp3) is 0.571. The summed E-state index contributed by atoms with van der Waals surface area (Å²) < 4.78 is 63.9. The van der Waals surface area contributed by atoms with Crippen LogP contribution >= 0.6 is 0 Å². The molecule has 0 aromatic heterocycles. The Hall–Kier alpha value is -1.17. The van der Waals surface area contributed by atoms with Crippen LogP contribution in [0.2, 0.25) is 0 Å². The van der Waals surface area contributed by atoms with Gasteiger partial charge < -0.3 is 5.11 Å². The minimum absolute atomic E-state index is 0.115. The maximum absolute atomic E-state index is 13.0. The summed E-state index contributed by atoms with van der Waals surface area (Å²) in [7, 11) is 0. The molecule has 1 nitrogen and oxygen atoms in total. The molecule has 1 N–H and O–H groups in total. The topological polar surface area (TPSA) is 20.2 Å². The molecule has 0 aliphatic heterocycles. The average Bonchev–Trinajstić information content (AvgIpc) is 2.37. The number of hydrogen-bond acceptors (Lipinski definition) is 1. The van der Waals surface area contributed by atoms with Gasteiger partial charge in [-0.25, -0.2) is 8.78 Å². The molecule has 1 fully saturated rings. The first-order chi connectivity index (χ1) is 9.19. The lowest BCUT2D eigenvalue weighted by Gasteiger charge is -2.31. The molecule has 1 saturated carbocycles. The Kier molecular flexibility index (Phi) is 4.04. The third-order valence-electron chi connectivity index (χ3n) is 3.76. The molecule has 0 amide bonds. The van der Waals surface area contributed by atoms with E-state index in [0.29, 0.717) is 0 Å². The summed E-state index contributed by atoms with van der Waals surface area (Å²) in [5.41, 5.74) is -0.703. The minimum Gasteiger partial charge on any atom is -0.388 e. The molecule has 1 aliphatic rings. The second-order valence-electron chi connectivity index (χ2n) is 5.26. The van der Waals surface area contributed by atoms with E-state index in [2.05, 4.69) is 0 Å². The predicted octanol–water partition coefficient (Wildman–Crippen LogP) is 4.56. The van der Waals surface area contributed by atoms with Crippen molar-refractivity contribution in [2.45, 2.75) is 43.9 Å². The van der Waals surface area contributed by atoms with E-state index in [1.54, 1.807) is 0 Å². The first-order valence-electron chi connectivity index (χ1n) is 6.42. The number of benzene rings is 1. The van der Waals surface area contributed by atoms with Gasteiger partial charge in [0.1, 0.15) is 0 Å². The first-order valence-corrected chi connectivity index (χ1v) is 6.42. The summed E-state index contributed by atoms with van der Waals surface area (Å²) in [6, 6.07) is 4.42. The highest BCUT2D eigenvalue weighted by Crippen LogP contribution is 2.42. The van der Waals surface area contributed by atoms with Crippen LogP contribution in [-0.4, -0.2) is 11.0 Å². The van der Waals surface area contributed by atoms with Gasteiger partial charge in [0.05, 0.1) is 11.7 Å². The van der Waals surface area contributed by atoms with Crippen molar-refractivity contribution < 1.29 is 27.1 Å². The Labute approximate surface area is 113 Å². The number of rotatable bonds is 2. The first kappa shape index (κ1) is 15.2. The van der Waals surface area contributed by atoms with Crippen LogP contribution in [0.4, 0.5) is 22.0 Å². The number of halogens is 5. The van der Waals surface area contributed by atoms with Gasteiger partial charge in [0.25, 0.3) is 0 Å². The van der Waals surface area contributed by atoms with Crippen LogP contribution in [0, 0.1) is 5.92 Å². The molecule has 0 heterocycles. The highest BCUT2D eigenvalue weighted by atomic mass is 19.4. The molecule has 6 heteroatoms. The van der Waals surface area contributed by atoms with E-state index in [0.717, 1.165) is 12.1 Å². The van der Waals surface area contributed by atoms with Crippen LogP contribution in [0.15, 0.2) is 24.3 Å². The number of hydrogen-bond donors (Lipinski definition) is 1. The Morgan fingerprint density at radius 2 is 1.75 bits per heavy atom. The lowest BCUT2D eigenvalue weighted by Crippen LogP contribution is -2.27. The third kappa shape index (κ3) is 3.48. The van der Waals surface area contributed by atoms with Gasteiger partial charge in [-0.1, -0.05) is 12.1 Å². The van der Waals surface area contributed by atoms with Gasteiger partial charge in [0.2, 0.25) is 5.92 Å². The maximum atomic E-state index is 13.0. The van der Waals surface area contributed by atoms with E-state index in [-0.39, 0.29) is 31.2 Å². The van der Waals surface area contributed by atoms with Crippen molar-refractivity contribution in [1.82, 2.24) is 0 Å². The van der Waals surface area contributed by atoms with Crippen molar-refractivity contribution >= 4 is 0 Å². The van der Waals surface area contributed by atoms with Gasteiger partial charge in [-0.3, -0.25) is 0 Å². The molecule has 0 bridgehead atoms. The Morgan fingerprint density at radius 1 is 1.15 bits per heavy atom. The lowest BCUT2D eigenvalue weighted by atomic mass is 9.81. The Bertz CT molecular complexity index is 459.